The molecule has 68 valence electrons. The molecule has 0 heterocycles. The molecule has 4 nitrogen and oxygen atoms in total. The first-order valence-electron chi connectivity index (χ1n) is 3.62. The molecule has 3 N–H and O–H groups in total. The Morgan fingerprint density at radius 2 is 1.82 bits per heavy atom. The molecule has 0 bridgehead atoms. The quantitative estimate of drug-likeness (QED) is 0.548. The average molecular weight is 181 g/mol. The third-order valence-corrected chi connectivity index (χ3v) is 2.22. The molecule has 0 unspecified atom stereocenters. The second kappa shape index (κ2) is 4.69. The van der Waals surface area contributed by atoms with Crippen LogP contribution in [0.3, 0.4) is 0 Å². The number of unbranched alkanes of at least 4 members (excludes halogenated alkanes) is 1. The summed E-state index contributed by atoms with van der Waals surface area (Å²) >= 11 is 0. The summed E-state index contributed by atoms with van der Waals surface area (Å²) in [6.45, 7) is 0.940. The molecule has 0 aliphatic heterocycles. The van der Waals surface area contributed by atoms with E-state index < -0.39 is 10.0 Å². The molecular weight excluding hydrogens is 164 g/mol. The van der Waals surface area contributed by atoms with Gasteiger partial charge in [0.15, 0.2) is 0 Å². The van der Waals surface area contributed by atoms with Crippen molar-refractivity contribution >= 4 is 10.0 Å². The van der Waals surface area contributed by atoms with E-state index in [0.29, 0.717) is 6.42 Å². The number of nitrogens with zero attached hydrogens (tertiary/aromatic N) is 1. The minimum Gasteiger partial charge on any atom is -0.309 e. The fourth-order valence-electron chi connectivity index (χ4n) is 0.750. The molecule has 0 fully saturated rings. The van der Waals surface area contributed by atoms with Gasteiger partial charge < -0.3 is 4.90 Å². The average Bonchev–Trinajstić information content (AvgIpc) is 1.78. The van der Waals surface area contributed by atoms with E-state index in [1.54, 1.807) is 0 Å². The van der Waals surface area contributed by atoms with Gasteiger partial charge >= 0.3 is 0 Å². The first kappa shape index (κ1) is 10.9. The number of hydrogen-bond donors (Lipinski definition) is 1. The van der Waals surface area contributed by atoms with E-state index in [1.807, 2.05) is 19.0 Å². The monoisotopic (exact) mass is 181 g/mol. The molecule has 0 amide bonds. The van der Waals surface area contributed by atoms with Crippen LogP contribution in [-0.2, 0) is 10.0 Å². The zero-order valence-corrected chi connectivity index (χ0v) is 8.02. The van der Waals surface area contributed by atoms with Gasteiger partial charge in [-0.15, -0.1) is 0 Å². The molecule has 0 aliphatic carbocycles. The first-order chi connectivity index (χ1) is 4.92. The van der Waals surface area contributed by atoms with Crippen LogP contribution in [0.4, 0.5) is 0 Å². The van der Waals surface area contributed by atoms with Crippen LogP contribution < -0.4 is 5.14 Å². The maximum absolute atomic E-state index is 10.6. The van der Waals surface area contributed by atoms with Crippen molar-refractivity contribution in [2.75, 3.05) is 26.4 Å². The van der Waals surface area contributed by atoms with Gasteiger partial charge in [-0.25, -0.2) is 0 Å². The second-order valence-electron chi connectivity index (χ2n) is 2.96. The Kier molecular flexibility index (Phi) is 4.63. The van der Waals surface area contributed by atoms with E-state index in [1.165, 1.54) is 0 Å². The maximum Gasteiger partial charge on any atom is 0.292 e. The Labute approximate surface area is 68.4 Å². The second-order valence-corrected chi connectivity index (χ2v) is 4.85. The van der Waals surface area contributed by atoms with Crippen LogP contribution in [-0.4, -0.2) is 39.7 Å². The zero-order chi connectivity index (χ0) is 8.91. The summed E-state index contributed by atoms with van der Waals surface area (Å²) in [7, 11) is 0.951. The first-order valence-corrected chi connectivity index (χ1v) is 5.44. The van der Waals surface area contributed by atoms with Gasteiger partial charge in [-0.3, -0.25) is 5.14 Å². The van der Waals surface area contributed by atoms with Crippen molar-refractivity contribution in [2.45, 2.75) is 12.8 Å². The number of sulfonamides is 1. The lowest BCUT2D eigenvalue weighted by Crippen LogP contribution is -2.57. The van der Waals surface area contributed by atoms with Crippen molar-refractivity contribution in [3.05, 3.63) is 0 Å². The number of hydrogen-bond acceptors (Lipinski definition) is 3. The van der Waals surface area contributed by atoms with Crippen molar-refractivity contribution in [2.24, 2.45) is 0 Å². The van der Waals surface area contributed by atoms with E-state index in [0.717, 1.165) is 13.0 Å². The van der Waals surface area contributed by atoms with Gasteiger partial charge in [0, 0.05) is 0 Å². The summed E-state index contributed by atoms with van der Waals surface area (Å²) < 4.78 is 21.1. The number of rotatable bonds is 5. The summed E-state index contributed by atoms with van der Waals surface area (Å²) in [6, 6.07) is 0. The highest BCUT2D eigenvalue weighted by Gasteiger charge is 2.04. The van der Waals surface area contributed by atoms with Crippen molar-refractivity contribution in [3.8, 4) is 0 Å². The minimum atomic E-state index is -2.99. The SMILES string of the molecule is CN(C)CCCCS([NH3+])(=O)=O. The van der Waals surface area contributed by atoms with E-state index in [4.69, 9.17) is 0 Å². The van der Waals surface area contributed by atoms with Gasteiger partial charge in [-0.05, 0) is 33.5 Å². The normalized spacial score (nSPS) is 12.4. The van der Waals surface area contributed by atoms with E-state index in [9.17, 15) is 8.42 Å². The van der Waals surface area contributed by atoms with Gasteiger partial charge in [0.05, 0.1) is 0 Å². The smallest absolute Gasteiger partial charge is 0.292 e. The highest BCUT2D eigenvalue weighted by Crippen LogP contribution is 1.91. The molecule has 0 aliphatic rings. The lowest BCUT2D eigenvalue weighted by atomic mass is 10.3. The van der Waals surface area contributed by atoms with Crippen LogP contribution >= 0.6 is 0 Å². The molecule has 0 atom stereocenters. The van der Waals surface area contributed by atoms with Crippen LogP contribution in [0.2, 0.25) is 0 Å². The topological polar surface area (TPSA) is 65.0 Å². The highest BCUT2D eigenvalue weighted by molar-refractivity contribution is 7.84. The standard InChI is InChI=1S/C6H16N2O2S/c1-8(2)5-3-4-6-11(7,9)10/h3-6H2,1-2H3,(H2,7,9,10)/p+1. The Morgan fingerprint density at radius 3 is 2.18 bits per heavy atom. The van der Waals surface area contributed by atoms with Crippen LogP contribution in [0.25, 0.3) is 0 Å². The van der Waals surface area contributed by atoms with Gasteiger partial charge in [0.1, 0.15) is 5.75 Å². The van der Waals surface area contributed by atoms with E-state index in [-0.39, 0.29) is 5.75 Å². The van der Waals surface area contributed by atoms with Crippen LogP contribution in [0.5, 0.6) is 0 Å². The number of quaternary nitrogens is 1. The maximum atomic E-state index is 10.6. The van der Waals surface area contributed by atoms with Gasteiger partial charge in [-0.1, -0.05) is 0 Å². The van der Waals surface area contributed by atoms with Crippen LogP contribution in [0.1, 0.15) is 12.8 Å². The Balaban J connectivity index is 3.30. The predicted octanol–water partition coefficient (Wildman–Crippen LogP) is -1.10. The van der Waals surface area contributed by atoms with Gasteiger partial charge in [0.25, 0.3) is 10.0 Å². The lowest BCUT2D eigenvalue weighted by molar-refractivity contribution is -0.164. The van der Waals surface area contributed by atoms with Crippen molar-refractivity contribution < 1.29 is 13.6 Å². The van der Waals surface area contributed by atoms with Gasteiger partial charge in [-0.2, -0.15) is 8.42 Å². The lowest BCUT2D eigenvalue weighted by Gasteiger charge is -2.07. The molecule has 5 heteroatoms. The third-order valence-electron chi connectivity index (χ3n) is 1.31. The van der Waals surface area contributed by atoms with Gasteiger partial charge in [0.2, 0.25) is 0 Å². The summed E-state index contributed by atoms with van der Waals surface area (Å²) in [5, 5.41) is 3.05. The van der Waals surface area contributed by atoms with Crippen molar-refractivity contribution in [3.63, 3.8) is 0 Å². The Bertz CT molecular complexity index is 187. The fourth-order valence-corrected chi connectivity index (χ4v) is 1.39. The molecule has 0 saturated carbocycles. The zero-order valence-electron chi connectivity index (χ0n) is 7.21. The molecule has 0 saturated heterocycles. The van der Waals surface area contributed by atoms with Crippen LogP contribution in [0.15, 0.2) is 0 Å². The van der Waals surface area contributed by atoms with Crippen molar-refractivity contribution in [1.82, 2.24) is 4.90 Å². The molecule has 0 radical (unpaired) electrons. The third kappa shape index (κ3) is 9.87. The van der Waals surface area contributed by atoms with E-state index in [2.05, 4.69) is 5.14 Å². The molecule has 0 aromatic heterocycles. The fraction of sp³-hybridized carbons (Fsp3) is 1.00. The molecule has 0 aromatic carbocycles. The highest BCUT2D eigenvalue weighted by atomic mass is 32.2. The Morgan fingerprint density at radius 1 is 1.27 bits per heavy atom. The summed E-state index contributed by atoms with van der Waals surface area (Å²) in [5.41, 5.74) is 0. The minimum absolute atomic E-state index is 0.209. The van der Waals surface area contributed by atoms with Crippen LogP contribution in [0, 0.1) is 0 Å². The molecule has 0 spiro atoms. The predicted molar refractivity (Wildman–Crippen MR) is 44.5 cm³/mol. The summed E-state index contributed by atoms with van der Waals surface area (Å²) in [5.74, 6) is 0.209. The molecule has 0 aromatic rings. The molecule has 11 heavy (non-hydrogen) atoms. The summed E-state index contributed by atoms with van der Waals surface area (Å²) in [6.07, 6.45) is 1.63. The summed E-state index contributed by atoms with van der Waals surface area (Å²) in [4.78, 5) is 2.04. The van der Waals surface area contributed by atoms with E-state index >= 15 is 0 Å². The molecule has 0 rings (SSSR count). The Hall–Kier alpha value is -0.130. The molecular formula is C6H17N2O2S+. The largest absolute Gasteiger partial charge is 0.309 e. The van der Waals surface area contributed by atoms with Crippen molar-refractivity contribution in [1.29, 1.82) is 0 Å².